The molecular formula is C36H38N2O4. The van der Waals surface area contributed by atoms with Crippen molar-refractivity contribution in [1.82, 2.24) is 4.90 Å². The topological polar surface area (TPSA) is 67.9 Å². The highest BCUT2D eigenvalue weighted by molar-refractivity contribution is 6.01. The van der Waals surface area contributed by atoms with E-state index in [0.29, 0.717) is 37.6 Å². The Labute approximate surface area is 248 Å². The number of anilines is 1. The van der Waals surface area contributed by atoms with Crippen LogP contribution >= 0.6 is 0 Å². The predicted octanol–water partition coefficient (Wildman–Crippen LogP) is 7.90. The minimum absolute atomic E-state index is 0.208. The molecule has 0 spiro atoms. The first-order valence-electron chi connectivity index (χ1n) is 14.1. The van der Waals surface area contributed by atoms with E-state index in [-0.39, 0.29) is 12.0 Å². The number of amides is 2. The Bertz CT molecular complexity index is 1480. The molecule has 0 atom stereocenters. The van der Waals surface area contributed by atoms with Gasteiger partial charge in [0.2, 0.25) is 5.91 Å². The molecule has 6 heteroatoms. The molecule has 0 unspecified atom stereocenters. The van der Waals surface area contributed by atoms with Crippen molar-refractivity contribution in [2.24, 2.45) is 0 Å². The molecule has 0 heterocycles. The highest BCUT2D eigenvalue weighted by Crippen LogP contribution is 2.23. The van der Waals surface area contributed by atoms with E-state index in [1.807, 2.05) is 118 Å². The Morgan fingerprint density at radius 1 is 0.810 bits per heavy atom. The third-order valence-corrected chi connectivity index (χ3v) is 6.31. The summed E-state index contributed by atoms with van der Waals surface area (Å²) >= 11 is 0. The SMILES string of the molecule is CC(C)(C)OC(=O)N(CCc1ccccc1)Cc1ccccc1OCc1cccc(NC(=O)/C=C/c2ccccc2)c1. The third-order valence-electron chi connectivity index (χ3n) is 6.31. The summed E-state index contributed by atoms with van der Waals surface area (Å²) in [7, 11) is 0. The van der Waals surface area contributed by atoms with Crippen molar-refractivity contribution in [3.05, 3.63) is 138 Å². The second-order valence-electron chi connectivity index (χ2n) is 11.0. The minimum atomic E-state index is -0.601. The number of rotatable bonds is 11. The van der Waals surface area contributed by atoms with Crippen LogP contribution in [-0.2, 0) is 29.1 Å². The van der Waals surface area contributed by atoms with Crippen LogP contribution in [0.2, 0.25) is 0 Å². The van der Waals surface area contributed by atoms with Gasteiger partial charge in [-0.2, -0.15) is 0 Å². The number of carbonyl (C=O) groups is 2. The highest BCUT2D eigenvalue weighted by Gasteiger charge is 2.23. The lowest BCUT2D eigenvalue weighted by Crippen LogP contribution is -2.37. The third kappa shape index (κ3) is 9.97. The Morgan fingerprint density at radius 2 is 1.48 bits per heavy atom. The zero-order valence-electron chi connectivity index (χ0n) is 24.5. The molecule has 6 nitrogen and oxygen atoms in total. The lowest BCUT2D eigenvalue weighted by molar-refractivity contribution is -0.111. The summed E-state index contributed by atoms with van der Waals surface area (Å²) in [6, 6.07) is 35.1. The largest absolute Gasteiger partial charge is 0.489 e. The molecule has 4 rings (SSSR count). The molecule has 1 N–H and O–H groups in total. The van der Waals surface area contributed by atoms with E-state index < -0.39 is 5.60 Å². The summed E-state index contributed by atoms with van der Waals surface area (Å²) in [5, 5.41) is 2.91. The molecule has 0 saturated carbocycles. The number of hydrogen-bond acceptors (Lipinski definition) is 4. The van der Waals surface area contributed by atoms with E-state index in [1.165, 1.54) is 6.08 Å². The first-order chi connectivity index (χ1) is 20.2. The van der Waals surface area contributed by atoms with E-state index in [0.717, 1.165) is 22.3 Å². The van der Waals surface area contributed by atoms with Crippen LogP contribution in [0.4, 0.5) is 10.5 Å². The van der Waals surface area contributed by atoms with Gasteiger partial charge in [-0.3, -0.25) is 4.79 Å². The van der Waals surface area contributed by atoms with Gasteiger partial charge in [0, 0.05) is 23.9 Å². The average molecular weight is 563 g/mol. The number of hydrogen-bond donors (Lipinski definition) is 1. The maximum absolute atomic E-state index is 13.2. The van der Waals surface area contributed by atoms with Crippen LogP contribution in [0.3, 0.4) is 0 Å². The van der Waals surface area contributed by atoms with E-state index >= 15 is 0 Å². The van der Waals surface area contributed by atoms with Gasteiger partial charge in [0.15, 0.2) is 0 Å². The molecule has 0 aliphatic carbocycles. The summed E-state index contributed by atoms with van der Waals surface area (Å²) in [5.74, 6) is 0.478. The van der Waals surface area contributed by atoms with Gasteiger partial charge in [-0.15, -0.1) is 0 Å². The van der Waals surface area contributed by atoms with E-state index in [1.54, 1.807) is 11.0 Å². The maximum Gasteiger partial charge on any atom is 0.410 e. The Morgan fingerprint density at radius 3 is 2.21 bits per heavy atom. The van der Waals surface area contributed by atoms with E-state index in [4.69, 9.17) is 9.47 Å². The van der Waals surface area contributed by atoms with Crippen molar-refractivity contribution in [3.63, 3.8) is 0 Å². The van der Waals surface area contributed by atoms with Crippen molar-refractivity contribution in [2.75, 3.05) is 11.9 Å². The molecule has 4 aromatic carbocycles. The first-order valence-corrected chi connectivity index (χ1v) is 14.1. The molecule has 0 radical (unpaired) electrons. The number of para-hydroxylation sites is 1. The lowest BCUT2D eigenvalue weighted by atomic mass is 10.1. The maximum atomic E-state index is 13.2. The summed E-state index contributed by atoms with van der Waals surface area (Å²) in [5.41, 5.74) is 3.98. The number of nitrogens with one attached hydrogen (secondary N) is 1. The van der Waals surface area contributed by atoms with Crippen LogP contribution in [-0.4, -0.2) is 29.0 Å². The zero-order valence-corrected chi connectivity index (χ0v) is 24.5. The van der Waals surface area contributed by atoms with Gasteiger partial charge in [0.25, 0.3) is 0 Å². The normalized spacial score (nSPS) is 11.2. The molecule has 0 aliphatic heterocycles. The van der Waals surface area contributed by atoms with Gasteiger partial charge in [-0.05, 0) is 68.2 Å². The standard InChI is InChI=1S/C36H38N2O4/c1-36(2,3)42-35(40)38(24-23-29-15-8-5-9-16-29)26-31-18-10-11-20-33(31)41-27-30-17-12-19-32(25-30)37-34(39)22-21-28-13-6-4-7-14-28/h4-22,25H,23-24,26-27H2,1-3H3,(H,37,39)/b22-21+. The molecule has 2 amide bonds. The van der Waals surface area contributed by atoms with Crippen molar-refractivity contribution in [1.29, 1.82) is 0 Å². The Hall–Kier alpha value is -4.84. The predicted molar refractivity (Wildman–Crippen MR) is 168 cm³/mol. The molecule has 216 valence electrons. The number of ether oxygens (including phenoxy) is 2. The summed E-state index contributed by atoms with van der Waals surface area (Å²) < 4.78 is 12.0. The quantitative estimate of drug-likeness (QED) is 0.189. The van der Waals surface area contributed by atoms with Crippen LogP contribution in [0.15, 0.2) is 115 Å². The molecular weight excluding hydrogens is 524 g/mol. The monoisotopic (exact) mass is 562 g/mol. The summed E-state index contributed by atoms with van der Waals surface area (Å²) in [6.07, 6.45) is 3.64. The molecule has 42 heavy (non-hydrogen) atoms. The fourth-order valence-electron chi connectivity index (χ4n) is 4.27. The second kappa shape index (κ2) is 14.7. The van der Waals surface area contributed by atoms with Crippen molar-refractivity contribution < 1.29 is 19.1 Å². The second-order valence-corrected chi connectivity index (χ2v) is 11.0. The van der Waals surface area contributed by atoms with Crippen LogP contribution in [0.5, 0.6) is 5.75 Å². The van der Waals surface area contributed by atoms with E-state index in [9.17, 15) is 9.59 Å². The van der Waals surface area contributed by atoms with Crippen LogP contribution in [0.1, 0.15) is 43.0 Å². The highest BCUT2D eigenvalue weighted by atomic mass is 16.6. The molecule has 0 fully saturated rings. The fourth-order valence-corrected chi connectivity index (χ4v) is 4.27. The molecule has 4 aromatic rings. The van der Waals surface area contributed by atoms with Gasteiger partial charge >= 0.3 is 6.09 Å². The van der Waals surface area contributed by atoms with Crippen molar-refractivity contribution in [3.8, 4) is 5.75 Å². The van der Waals surface area contributed by atoms with Gasteiger partial charge < -0.3 is 19.7 Å². The van der Waals surface area contributed by atoms with Gasteiger partial charge in [0.1, 0.15) is 18.0 Å². The fraction of sp³-hybridized carbons (Fsp3) is 0.222. The smallest absolute Gasteiger partial charge is 0.410 e. The first kappa shape index (κ1) is 30.1. The Kier molecular flexibility index (Phi) is 10.5. The van der Waals surface area contributed by atoms with Gasteiger partial charge in [-0.1, -0.05) is 91.0 Å². The van der Waals surface area contributed by atoms with E-state index in [2.05, 4.69) is 17.4 Å². The van der Waals surface area contributed by atoms with Gasteiger partial charge in [-0.25, -0.2) is 4.79 Å². The van der Waals surface area contributed by atoms with Gasteiger partial charge in [0.05, 0.1) is 6.54 Å². The summed E-state index contributed by atoms with van der Waals surface area (Å²) in [4.78, 5) is 27.3. The minimum Gasteiger partial charge on any atom is -0.489 e. The molecule has 0 saturated heterocycles. The molecule has 0 aliphatic rings. The number of nitrogens with zero attached hydrogens (tertiary/aromatic N) is 1. The number of benzene rings is 4. The molecule has 0 aromatic heterocycles. The van der Waals surface area contributed by atoms with Crippen molar-refractivity contribution >= 4 is 23.8 Å². The average Bonchev–Trinajstić information content (AvgIpc) is 2.98. The number of carbonyl (C=O) groups excluding carboxylic acids is 2. The Balaban J connectivity index is 1.41. The van der Waals surface area contributed by atoms with Crippen LogP contribution in [0.25, 0.3) is 6.08 Å². The van der Waals surface area contributed by atoms with Crippen LogP contribution < -0.4 is 10.1 Å². The zero-order chi connectivity index (χ0) is 29.8. The summed E-state index contributed by atoms with van der Waals surface area (Å²) in [6.45, 7) is 6.76. The molecule has 0 bridgehead atoms. The lowest BCUT2D eigenvalue weighted by Gasteiger charge is -2.28. The van der Waals surface area contributed by atoms with Crippen LogP contribution in [0, 0.1) is 0 Å². The van der Waals surface area contributed by atoms with Crippen molar-refractivity contribution in [2.45, 2.75) is 45.9 Å².